The highest BCUT2D eigenvalue weighted by molar-refractivity contribution is 6.01. The van der Waals surface area contributed by atoms with Gasteiger partial charge in [-0.2, -0.15) is 0 Å². The summed E-state index contributed by atoms with van der Waals surface area (Å²) >= 11 is 0. The fourth-order valence-electron chi connectivity index (χ4n) is 6.53. The van der Waals surface area contributed by atoms with Crippen molar-refractivity contribution in [3.63, 3.8) is 0 Å². The molecular formula is C22H28O4. The average Bonchev–Trinajstić information content (AvgIpc) is 2.88. The molecule has 2 N–H and O–H groups in total. The summed E-state index contributed by atoms with van der Waals surface area (Å²) in [6.07, 6.45) is 10.5. The number of Topliss-reactive ketones (excluding diaryl/α,β-unsaturated/α-hetero) is 1. The lowest BCUT2D eigenvalue weighted by molar-refractivity contribution is -0.155. The molecule has 0 radical (unpaired) electrons. The number of fused-ring (bicyclic) bond motifs is 5. The molecule has 0 aromatic carbocycles. The van der Waals surface area contributed by atoms with Crippen LogP contribution in [0.5, 0.6) is 0 Å². The first-order chi connectivity index (χ1) is 12.2. The zero-order chi connectivity index (χ0) is 18.9. The van der Waals surface area contributed by atoms with Gasteiger partial charge >= 0.3 is 0 Å². The Morgan fingerprint density at radius 2 is 2.04 bits per heavy atom. The molecule has 1 unspecified atom stereocenters. The molecular weight excluding hydrogens is 328 g/mol. The van der Waals surface area contributed by atoms with Gasteiger partial charge in [0.1, 0.15) is 12.2 Å². The molecule has 0 aliphatic heterocycles. The van der Waals surface area contributed by atoms with Gasteiger partial charge < -0.3 is 10.2 Å². The number of aliphatic hydroxyl groups is 2. The highest BCUT2D eigenvalue weighted by Crippen LogP contribution is 2.65. The predicted molar refractivity (Wildman–Crippen MR) is 98.2 cm³/mol. The number of carbonyl (C=O) groups is 2. The van der Waals surface area contributed by atoms with Gasteiger partial charge in [-0.1, -0.05) is 31.6 Å². The maximum atomic E-state index is 12.4. The van der Waals surface area contributed by atoms with E-state index in [0.29, 0.717) is 24.7 Å². The number of rotatable bonds is 2. The van der Waals surface area contributed by atoms with Crippen molar-refractivity contribution in [1.29, 1.82) is 0 Å². The van der Waals surface area contributed by atoms with Gasteiger partial charge in [-0.05, 0) is 68.1 Å². The van der Waals surface area contributed by atoms with Crippen molar-refractivity contribution in [1.82, 2.24) is 0 Å². The summed E-state index contributed by atoms with van der Waals surface area (Å²) in [5.41, 5.74) is 0.323. The van der Waals surface area contributed by atoms with Crippen LogP contribution in [0.4, 0.5) is 0 Å². The third kappa shape index (κ3) is 2.03. The van der Waals surface area contributed by atoms with Crippen LogP contribution >= 0.6 is 0 Å². The van der Waals surface area contributed by atoms with Gasteiger partial charge in [0, 0.05) is 10.8 Å². The molecule has 0 saturated heterocycles. The topological polar surface area (TPSA) is 74.6 Å². The zero-order valence-electron chi connectivity index (χ0n) is 15.8. The van der Waals surface area contributed by atoms with Crippen LogP contribution in [0.25, 0.3) is 0 Å². The van der Waals surface area contributed by atoms with Crippen molar-refractivity contribution >= 4 is 11.6 Å². The van der Waals surface area contributed by atoms with E-state index >= 15 is 0 Å². The van der Waals surface area contributed by atoms with Crippen LogP contribution in [-0.2, 0) is 9.59 Å². The molecule has 0 bridgehead atoms. The number of ketones is 2. The largest absolute Gasteiger partial charge is 0.388 e. The maximum absolute atomic E-state index is 12.4. The molecule has 2 fully saturated rings. The Bertz CT molecular complexity index is 775. The molecule has 0 heterocycles. The van der Waals surface area contributed by atoms with Crippen molar-refractivity contribution in [3.8, 4) is 0 Å². The first-order valence-corrected chi connectivity index (χ1v) is 9.70. The van der Waals surface area contributed by atoms with Crippen molar-refractivity contribution in [2.24, 2.45) is 28.6 Å². The lowest BCUT2D eigenvalue weighted by atomic mass is 9.49. The molecule has 2 saturated carbocycles. The van der Waals surface area contributed by atoms with Crippen molar-refractivity contribution in [2.75, 3.05) is 6.61 Å². The average molecular weight is 356 g/mol. The van der Waals surface area contributed by atoms with Gasteiger partial charge in [0.2, 0.25) is 0 Å². The fraction of sp³-hybridized carbons (Fsp3) is 0.636. The second kappa shape index (κ2) is 5.49. The maximum Gasteiger partial charge on any atom is 0.190 e. The lowest BCUT2D eigenvalue weighted by Crippen LogP contribution is -2.55. The second-order valence-electron chi connectivity index (χ2n) is 9.15. The summed E-state index contributed by atoms with van der Waals surface area (Å²) in [5, 5.41) is 20.6. The molecule has 4 aliphatic rings. The molecule has 0 aromatic rings. The Labute approximate surface area is 154 Å². The zero-order valence-corrected chi connectivity index (χ0v) is 15.8. The molecule has 6 atom stereocenters. The molecule has 0 spiro atoms. The van der Waals surface area contributed by atoms with E-state index in [9.17, 15) is 19.8 Å². The van der Waals surface area contributed by atoms with Crippen LogP contribution in [-0.4, -0.2) is 34.0 Å². The van der Waals surface area contributed by atoms with E-state index in [0.717, 1.165) is 12.8 Å². The van der Waals surface area contributed by atoms with E-state index in [1.807, 2.05) is 13.0 Å². The molecule has 26 heavy (non-hydrogen) atoms. The van der Waals surface area contributed by atoms with Gasteiger partial charge in [0.05, 0.1) is 0 Å². The Morgan fingerprint density at radius 1 is 1.31 bits per heavy atom. The highest BCUT2D eigenvalue weighted by atomic mass is 16.3. The van der Waals surface area contributed by atoms with Crippen LogP contribution in [0.1, 0.15) is 46.5 Å². The Balaban J connectivity index is 1.80. The van der Waals surface area contributed by atoms with Crippen LogP contribution in [0.3, 0.4) is 0 Å². The lowest BCUT2D eigenvalue weighted by Gasteiger charge is -2.55. The van der Waals surface area contributed by atoms with E-state index in [1.54, 1.807) is 12.2 Å². The molecule has 140 valence electrons. The van der Waals surface area contributed by atoms with Gasteiger partial charge in [0.25, 0.3) is 0 Å². The Kier molecular flexibility index (Phi) is 3.78. The number of aliphatic hydroxyl groups excluding tert-OH is 1. The van der Waals surface area contributed by atoms with Gasteiger partial charge in [-0.25, -0.2) is 0 Å². The minimum Gasteiger partial charge on any atom is -0.388 e. The van der Waals surface area contributed by atoms with Gasteiger partial charge in [-0.15, -0.1) is 0 Å². The smallest absolute Gasteiger partial charge is 0.190 e. The van der Waals surface area contributed by atoms with Crippen LogP contribution in [0.2, 0.25) is 0 Å². The van der Waals surface area contributed by atoms with Crippen molar-refractivity contribution in [3.05, 3.63) is 35.5 Å². The minimum atomic E-state index is -1.44. The third-order valence-electron chi connectivity index (χ3n) is 8.03. The SMILES string of the molecule is CC1C[C@@H]2C(=CC[C@@]3(C)[C@H]2CC[C@]3(O)C(=O)CO)[C@@]2(C)C=CC(=O)C=C12. The molecule has 4 rings (SSSR count). The quantitative estimate of drug-likeness (QED) is 0.746. The summed E-state index contributed by atoms with van der Waals surface area (Å²) in [4.78, 5) is 24.3. The summed E-state index contributed by atoms with van der Waals surface area (Å²) in [6.45, 7) is 5.79. The van der Waals surface area contributed by atoms with Crippen molar-refractivity contribution in [2.45, 2.75) is 52.1 Å². The molecule has 4 heteroatoms. The van der Waals surface area contributed by atoms with E-state index in [-0.39, 0.29) is 17.1 Å². The van der Waals surface area contributed by atoms with Crippen molar-refractivity contribution < 1.29 is 19.8 Å². The van der Waals surface area contributed by atoms with E-state index < -0.39 is 23.4 Å². The van der Waals surface area contributed by atoms with Crippen LogP contribution < -0.4 is 0 Å². The second-order valence-corrected chi connectivity index (χ2v) is 9.15. The summed E-state index contributed by atoms with van der Waals surface area (Å²) in [7, 11) is 0. The first-order valence-electron chi connectivity index (χ1n) is 9.70. The number of hydrogen-bond acceptors (Lipinski definition) is 4. The number of hydrogen-bond donors (Lipinski definition) is 2. The standard InChI is InChI=1S/C22H28O4/c1-13-10-15-16(20(2)7-4-14(24)11-18(13)20)5-8-21(3)17(15)6-9-22(21,26)19(25)12-23/h4-5,7,11,13,15,17,23,26H,6,8-10,12H2,1-3H3/t13?,15-,17+,20-,21+,22+/m1/s1. The van der Waals surface area contributed by atoms with Crippen LogP contribution in [0.15, 0.2) is 35.5 Å². The van der Waals surface area contributed by atoms with Gasteiger partial charge in [-0.3, -0.25) is 9.59 Å². The molecule has 0 aromatic heterocycles. The van der Waals surface area contributed by atoms with E-state index in [2.05, 4.69) is 19.9 Å². The Hall–Kier alpha value is -1.52. The van der Waals surface area contributed by atoms with E-state index in [1.165, 1.54) is 11.1 Å². The highest BCUT2D eigenvalue weighted by Gasteiger charge is 2.64. The van der Waals surface area contributed by atoms with E-state index in [4.69, 9.17) is 0 Å². The molecule has 4 aliphatic carbocycles. The normalized spacial score (nSPS) is 46.8. The predicted octanol–water partition coefficient (Wildman–Crippen LogP) is 2.75. The third-order valence-corrected chi connectivity index (χ3v) is 8.03. The number of carbonyl (C=O) groups excluding carboxylic acids is 2. The summed E-state index contributed by atoms with van der Waals surface area (Å²) < 4.78 is 0. The first kappa shape index (κ1) is 17.9. The monoisotopic (exact) mass is 356 g/mol. The Morgan fingerprint density at radius 3 is 2.73 bits per heavy atom. The summed E-state index contributed by atoms with van der Waals surface area (Å²) in [6, 6.07) is 0. The van der Waals surface area contributed by atoms with Gasteiger partial charge in [0.15, 0.2) is 11.6 Å². The number of allylic oxidation sites excluding steroid dienone is 6. The minimum absolute atomic E-state index is 0.0628. The fourth-order valence-corrected chi connectivity index (χ4v) is 6.53. The molecule has 0 amide bonds. The van der Waals surface area contributed by atoms with Crippen LogP contribution in [0, 0.1) is 28.6 Å². The summed E-state index contributed by atoms with van der Waals surface area (Å²) in [5.74, 6) is 0.422. The molecule has 4 nitrogen and oxygen atoms in total.